The van der Waals surface area contributed by atoms with Gasteiger partial charge in [-0.1, -0.05) is 28.1 Å². The lowest BCUT2D eigenvalue weighted by atomic mass is 10.1. The van der Waals surface area contributed by atoms with E-state index >= 15 is 0 Å². The van der Waals surface area contributed by atoms with Crippen molar-refractivity contribution in [2.24, 2.45) is 14.1 Å². The van der Waals surface area contributed by atoms with Gasteiger partial charge in [-0.05, 0) is 30.0 Å². The fourth-order valence-corrected chi connectivity index (χ4v) is 3.64. The number of hydrogen-bond acceptors (Lipinski definition) is 3. The van der Waals surface area contributed by atoms with Crippen LogP contribution in [0.3, 0.4) is 0 Å². The molecule has 1 unspecified atom stereocenters. The molecule has 1 heterocycles. The van der Waals surface area contributed by atoms with Crippen LogP contribution in [0, 0.1) is 0 Å². The highest BCUT2D eigenvalue weighted by Gasteiger charge is 2.23. The van der Waals surface area contributed by atoms with Crippen molar-refractivity contribution < 1.29 is 0 Å². The van der Waals surface area contributed by atoms with E-state index in [1.807, 2.05) is 6.07 Å². The summed E-state index contributed by atoms with van der Waals surface area (Å²) in [6, 6.07) is 6.47. The maximum atomic E-state index is 12.1. The Morgan fingerprint density at radius 1 is 1.32 bits per heavy atom. The molecule has 2 aromatic rings. The molecule has 116 valence electrons. The van der Waals surface area contributed by atoms with Crippen molar-refractivity contribution in [1.29, 1.82) is 0 Å². The number of nitrogens with one attached hydrogen (secondary N) is 1. The van der Waals surface area contributed by atoms with Crippen molar-refractivity contribution in [3.8, 4) is 0 Å². The predicted octanol–water partition coefficient (Wildman–Crippen LogP) is 1.62. The molecule has 5 nitrogen and oxygen atoms in total. The third-order valence-electron chi connectivity index (χ3n) is 4.27. The average molecular weight is 364 g/mol. The van der Waals surface area contributed by atoms with E-state index in [4.69, 9.17) is 0 Å². The van der Waals surface area contributed by atoms with Crippen LogP contribution >= 0.6 is 15.9 Å². The van der Waals surface area contributed by atoms with Crippen LogP contribution < -0.4 is 16.6 Å². The van der Waals surface area contributed by atoms with Crippen molar-refractivity contribution in [2.45, 2.75) is 25.4 Å². The van der Waals surface area contributed by atoms with E-state index in [2.05, 4.69) is 33.4 Å². The fraction of sp³-hybridized carbons (Fsp3) is 0.375. The highest BCUT2D eigenvalue weighted by atomic mass is 79.9. The van der Waals surface area contributed by atoms with E-state index in [-0.39, 0.29) is 17.3 Å². The van der Waals surface area contributed by atoms with Gasteiger partial charge in [0.25, 0.3) is 5.56 Å². The molecule has 0 radical (unpaired) electrons. The Balaban J connectivity index is 1.83. The number of hydrogen-bond donors (Lipinski definition) is 1. The van der Waals surface area contributed by atoms with E-state index in [0.717, 1.165) is 21.9 Å². The molecular formula is C16H18BrN3O2. The smallest absolute Gasteiger partial charge is 0.306 e. The van der Waals surface area contributed by atoms with Gasteiger partial charge in [-0.2, -0.15) is 0 Å². The van der Waals surface area contributed by atoms with Gasteiger partial charge in [0.05, 0.1) is 0 Å². The van der Waals surface area contributed by atoms with Crippen LogP contribution in [-0.2, 0) is 27.1 Å². The molecule has 0 amide bonds. The average Bonchev–Trinajstić information content (AvgIpc) is 2.92. The highest BCUT2D eigenvalue weighted by molar-refractivity contribution is 9.10. The summed E-state index contributed by atoms with van der Waals surface area (Å²) in [7, 11) is 3.17. The molecular weight excluding hydrogens is 346 g/mol. The standard InChI is InChI=1S/C16H18BrN3O2/c1-19-9-10(15(21)20(2)16(19)22)8-18-14-7-6-11-12(14)4-3-5-13(11)17/h3-5,9,14,18H,6-8H2,1-2H3. The monoisotopic (exact) mass is 363 g/mol. The number of fused-ring (bicyclic) bond motifs is 1. The quantitative estimate of drug-likeness (QED) is 0.901. The van der Waals surface area contributed by atoms with Crippen molar-refractivity contribution >= 4 is 15.9 Å². The predicted molar refractivity (Wildman–Crippen MR) is 89.0 cm³/mol. The minimum absolute atomic E-state index is 0.233. The zero-order chi connectivity index (χ0) is 15.9. The first-order valence-corrected chi connectivity index (χ1v) is 8.04. The zero-order valence-corrected chi connectivity index (χ0v) is 14.2. The van der Waals surface area contributed by atoms with Crippen LogP contribution in [0.25, 0.3) is 0 Å². The molecule has 0 bridgehead atoms. The first-order valence-electron chi connectivity index (χ1n) is 7.25. The number of halogens is 1. The third-order valence-corrected chi connectivity index (χ3v) is 5.01. The Kier molecular flexibility index (Phi) is 4.06. The molecule has 1 aliphatic rings. The van der Waals surface area contributed by atoms with E-state index in [1.165, 1.54) is 22.7 Å². The minimum atomic E-state index is -0.302. The Bertz CT molecular complexity index is 838. The molecule has 3 rings (SSSR count). The van der Waals surface area contributed by atoms with E-state index in [9.17, 15) is 9.59 Å². The van der Waals surface area contributed by atoms with Crippen LogP contribution in [0.5, 0.6) is 0 Å². The van der Waals surface area contributed by atoms with Gasteiger partial charge >= 0.3 is 5.69 Å². The Morgan fingerprint density at radius 3 is 2.86 bits per heavy atom. The van der Waals surface area contributed by atoms with E-state index < -0.39 is 0 Å². The SMILES string of the molecule is Cn1cc(CNC2CCc3c(Br)cccc32)c(=O)n(C)c1=O. The van der Waals surface area contributed by atoms with Gasteiger partial charge in [0.1, 0.15) is 0 Å². The summed E-state index contributed by atoms with van der Waals surface area (Å²) in [5.41, 5.74) is 2.70. The van der Waals surface area contributed by atoms with Crippen LogP contribution in [0.15, 0.2) is 38.5 Å². The summed E-state index contributed by atoms with van der Waals surface area (Å²) in [6.45, 7) is 0.456. The lowest BCUT2D eigenvalue weighted by molar-refractivity contribution is 0.521. The molecule has 0 spiro atoms. The summed E-state index contributed by atoms with van der Waals surface area (Å²) >= 11 is 3.59. The molecule has 0 fully saturated rings. The summed E-state index contributed by atoms with van der Waals surface area (Å²) in [5, 5.41) is 3.45. The second-order valence-electron chi connectivity index (χ2n) is 5.69. The first kappa shape index (κ1) is 15.2. The normalized spacial score (nSPS) is 16.8. The van der Waals surface area contributed by atoms with Crippen LogP contribution in [0.2, 0.25) is 0 Å². The number of nitrogens with zero attached hydrogens (tertiary/aromatic N) is 2. The van der Waals surface area contributed by atoms with Crippen LogP contribution in [0.4, 0.5) is 0 Å². The second-order valence-corrected chi connectivity index (χ2v) is 6.55. The highest BCUT2D eigenvalue weighted by Crippen LogP contribution is 2.35. The topological polar surface area (TPSA) is 56.0 Å². The summed E-state index contributed by atoms with van der Waals surface area (Å²) in [6.07, 6.45) is 3.66. The molecule has 22 heavy (non-hydrogen) atoms. The minimum Gasteiger partial charge on any atom is -0.306 e. The Labute approximate surface area is 136 Å². The Hall–Kier alpha value is -1.66. The largest absolute Gasteiger partial charge is 0.330 e. The van der Waals surface area contributed by atoms with Gasteiger partial charge in [-0.15, -0.1) is 0 Å². The maximum absolute atomic E-state index is 12.1. The van der Waals surface area contributed by atoms with Crippen molar-refractivity contribution in [3.63, 3.8) is 0 Å². The molecule has 1 aromatic carbocycles. The van der Waals surface area contributed by atoms with Crippen LogP contribution in [-0.4, -0.2) is 9.13 Å². The zero-order valence-electron chi connectivity index (χ0n) is 12.6. The van der Waals surface area contributed by atoms with Crippen molar-refractivity contribution in [1.82, 2.24) is 14.5 Å². The lowest BCUT2D eigenvalue weighted by Gasteiger charge is -2.15. The first-order chi connectivity index (χ1) is 10.5. The molecule has 0 saturated heterocycles. The van der Waals surface area contributed by atoms with E-state index in [0.29, 0.717) is 12.1 Å². The molecule has 0 aliphatic heterocycles. The number of aryl methyl sites for hydroxylation is 1. The number of benzene rings is 1. The van der Waals surface area contributed by atoms with Gasteiger partial charge in [-0.3, -0.25) is 9.36 Å². The molecule has 1 aromatic heterocycles. The summed E-state index contributed by atoms with van der Waals surface area (Å²) in [5.74, 6) is 0. The second kappa shape index (κ2) is 5.85. The van der Waals surface area contributed by atoms with Gasteiger partial charge in [-0.25, -0.2) is 4.79 Å². The van der Waals surface area contributed by atoms with Gasteiger partial charge in [0.15, 0.2) is 0 Å². The van der Waals surface area contributed by atoms with Crippen molar-refractivity contribution in [3.05, 3.63) is 66.4 Å². The molecule has 1 aliphatic carbocycles. The lowest BCUT2D eigenvalue weighted by Crippen LogP contribution is -2.39. The van der Waals surface area contributed by atoms with Gasteiger partial charge in [0, 0.05) is 42.9 Å². The number of aromatic nitrogens is 2. The van der Waals surface area contributed by atoms with E-state index in [1.54, 1.807) is 13.2 Å². The fourth-order valence-electron chi connectivity index (χ4n) is 3.06. The van der Waals surface area contributed by atoms with Gasteiger partial charge < -0.3 is 9.88 Å². The molecule has 1 N–H and O–H groups in total. The molecule has 0 saturated carbocycles. The molecule has 1 atom stereocenters. The molecule has 6 heteroatoms. The third kappa shape index (κ3) is 2.57. The Morgan fingerprint density at radius 2 is 2.09 bits per heavy atom. The number of rotatable bonds is 3. The maximum Gasteiger partial charge on any atom is 0.330 e. The van der Waals surface area contributed by atoms with Crippen LogP contribution in [0.1, 0.15) is 29.2 Å². The van der Waals surface area contributed by atoms with Crippen molar-refractivity contribution in [2.75, 3.05) is 0 Å². The summed E-state index contributed by atoms with van der Waals surface area (Å²) in [4.78, 5) is 23.9. The van der Waals surface area contributed by atoms with Gasteiger partial charge in [0.2, 0.25) is 0 Å². The summed E-state index contributed by atoms with van der Waals surface area (Å²) < 4.78 is 3.74.